The highest BCUT2D eigenvalue weighted by atomic mass is 32.1. The molecule has 1 aliphatic heterocycles. The number of aromatic nitrogens is 1. The molecule has 20 heavy (non-hydrogen) atoms. The Balaban J connectivity index is 1.95. The SMILES string of the molecule is CCc1nc(CCN2CCC(C)CC2)sc1C(C)(C)O. The van der Waals surface area contributed by atoms with Crippen LogP contribution in [0.15, 0.2) is 0 Å². The molecule has 3 nitrogen and oxygen atoms in total. The summed E-state index contributed by atoms with van der Waals surface area (Å²) in [6.07, 6.45) is 4.57. The molecule has 0 aliphatic carbocycles. The van der Waals surface area contributed by atoms with Gasteiger partial charge in [-0.25, -0.2) is 4.98 Å². The molecule has 0 aromatic carbocycles. The molecule has 0 saturated carbocycles. The first-order valence-electron chi connectivity index (χ1n) is 7.84. The molecule has 0 bridgehead atoms. The number of nitrogens with zero attached hydrogens (tertiary/aromatic N) is 2. The van der Waals surface area contributed by atoms with Crippen LogP contribution in [0.5, 0.6) is 0 Å². The van der Waals surface area contributed by atoms with Gasteiger partial charge in [0.2, 0.25) is 0 Å². The molecule has 1 aliphatic rings. The topological polar surface area (TPSA) is 36.4 Å². The van der Waals surface area contributed by atoms with Crippen LogP contribution in [0, 0.1) is 5.92 Å². The summed E-state index contributed by atoms with van der Waals surface area (Å²) in [5, 5.41) is 11.4. The van der Waals surface area contributed by atoms with Crippen LogP contribution < -0.4 is 0 Å². The standard InChI is InChI=1S/C16H28N2OS/c1-5-13-15(16(3,4)19)20-14(17-13)8-11-18-9-6-12(2)7-10-18/h12,19H,5-11H2,1-4H3. The predicted octanol–water partition coefficient (Wildman–Crippen LogP) is 3.21. The fourth-order valence-electron chi connectivity index (χ4n) is 2.76. The number of rotatable bonds is 5. The molecule has 0 unspecified atom stereocenters. The first-order chi connectivity index (χ1) is 9.40. The van der Waals surface area contributed by atoms with Gasteiger partial charge < -0.3 is 10.0 Å². The maximum atomic E-state index is 10.2. The summed E-state index contributed by atoms with van der Waals surface area (Å²) < 4.78 is 0. The first-order valence-corrected chi connectivity index (χ1v) is 8.65. The van der Waals surface area contributed by atoms with Crippen molar-refractivity contribution in [1.82, 2.24) is 9.88 Å². The molecule has 0 atom stereocenters. The lowest BCUT2D eigenvalue weighted by Crippen LogP contribution is -2.34. The zero-order valence-electron chi connectivity index (χ0n) is 13.3. The van der Waals surface area contributed by atoms with Crippen LogP contribution in [0.3, 0.4) is 0 Å². The van der Waals surface area contributed by atoms with Gasteiger partial charge in [0.1, 0.15) is 0 Å². The van der Waals surface area contributed by atoms with E-state index in [9.17, 15) is 5.11 Å². The van der Waals surface area contributed by atoms with Crippen LogP contribution in [0.2, 0.25) is 0 Å². The van der Waals surface area contributed by atoms with Gasteiger partial charge in [-0.05, 0) is 52.1 Å². The number of aryl methyl sites for hydroxylation is 1. The summed E-state index contributed by atoms with van der Waals surface area (Å²) in [7, 11) is 0. The molecular formula is C16H28N2OS. The van der Waals surface area contributed by atoms with E-state index in [1.807, 2.05) is 13.8 Å². The van der Waals surface area contributed by atoms with Gasteiger partial charge in [-0.3, -0.25) is 0 Å². The van der Waals surface area contributed by atoms with E-state index in [2.05, 4.69) is 18.7 Å². The first kappa shape index (κ1) is 15.9. The maximum Gasteiger partial charge on any atom is 0.0950 e. The summed E-state index contributed by atoms with van der Waals surface area (Å²) in [6.45, 7) is 11.7. The van der Waals surface area contributed by atoms with Gasteiger partial charge in [0, 0.05) is 13.0 Å². The summed E-state index contributed by atoms with van der Waals surface area (Å²) in [5.74, 6) is 0.889. The predicted molar refractivity (Wildman–Crippen MR) is 85.3 cm³/mol. The van der Waals surface area contributed by atoms with Gasteiger partial charge in [0.05, 0.1) is 21.2 Å². The highest BCUT2D eigenvalue weighted by Crippen LogP contribution is 2.30. The Kier molecular flexibility index (Phi) is 5.21. The van der Waals surface area contributed by atoms with E-state index in [4.69, 9.17) is 4.98 Å². The van der Waals surface area contributed by atoms with Crippen LogP contribution in [0.4, 0.5) is 0 Å². The fourth-order valence-corrected chi connectivity index (χ4v) is 3.91. The minimum atomic E-state index is -0.762. The number of hydrogen-bond acceptors (Lipinski definition) is 4. The molecule has 114 valence electrons. The van der Waals surface area contributed by atoms with Crippen LogP contribution in [-0.2, 0) is 18.4 Å². The Hall–Kier alpha value is -0.450. The minimum Gasteiger partial charge on any atom is -0.385 e. The number of aliphatic hydroxyl groups is 1. The third-order valence-electron chi connectivity index (χ3n) is 4.15. The quantitative estimate of drug-likeness (QED) is 0.906. The van der Waals surface area contributed by atoms with Gasteiger partial charge in [0.15, 0.2) is 0 Å². The smallest absolute Gasteiger partial charge is 0.0950 e. The average molecular weight is 296 g/mol. The van der Waals surface area contributed by atoms with Crippen molar-refractivity contribution in [3.63, 3.8) is 0 Å². The van der Waals surface area contributed by atoms with Crippen molar-refractivity contribution >= 4 is 11.3 Å². The summed E-state index contributed by atoms with van der Waals surface area (Å²) >= 11 is 1.69. The van der Waals surface area contributed by atoms with E-state index in [0.29, 0.717) is 0 Å². The van der Waals surface area contributed by atoms with Gasteiger partial charge in [-0.15, -0.1) is 11.3 Å². The monoisotopic (exact) mass is 296 g/mol. The van der Waals surface area contributed by atoms with Crippen LogP contribution >= 0.6 is 11.3 Å². The van der Waals surface area contributed by atoms with E-state index in [0.717, 1.165) is 35.9 Å². The summed E-state index contributed by atoms with van der Waals surface area (Å²) in [6, 6.07) is 0. The molecule has 1 aromatic rings. The Morgan fingerprint density at radius 2 is 2.00 bits per heavy atom. The normalized spacial score (nSPS) is 18.6. The Morgan fingerprint density at radius 1 is 1.35 bits per heavy atom. The Morgan fingerprint density at radius 3 is 2.50 bits per heavy atom. The molecule has 1 fully saturated rings. The van der Waals surface area contributed by atoms with Gasteiger partial charge >= 0.3 is 0 Å². The Bertz CT molecular complexity index is 428. The van der Waals surface area contributed by atoms with Crippen molar-refractivity contribution < 1.29 is 5.11 Å². The zero-order valence-corrected chi connectivity index (χ0v) is 14.1. The van der Waals surface area contributed by atoms with Gasteiger partial charge in [-0.2, -0.15) is 0 Å². The summed E-state index contributed by atoms with van der Waals surface area (Å²) in [4.78, 5) is 8.32. The molecule has 0 spiro atoms. The van der Waals surface area contributed by atoms with Gasteiger partial charge in [0.25, 0.3) is 0 Å². The van der Waals surface area contributed by atoms with E-state index in [1.165, 1.54) is 30.9 Å². The lowest BCUT2D eigenvalue weighted by atomic mass is 9.99. The lowest BCUT2D eigenvalue weighted by molar-refractivity contribution is 0.0814. The average Bonchev–Trinajstić information content (AvgIpc) is 2.81. The highest BCUT2D eigenvalue weighted by molar-refractivity contribution is 7.11. The molecular weight excluding hydrogens is 268 g/mol. The lowest BCUT2D eigenvalue weighted by Gasteiger charge is -2.29. The molecule has 4 heteroatoms. The van der Waals surface area contributed by atoms with E-state index in [1.54, 1.807) is 11.3 Å². The molecule has 1 aromatic heterocycles. The third-order valence-corrected chi connectivity index (χ3v) is 5.62. The van der Waals surface area contributed by atoms with Gasteiger partial charge in [-0.1, -0.05) is 13.8 Å². The van der Waals surface area contributed by atoms with Crippen LogP contribution in [0.1, 0.15) is 56.1 Å². The highest BCUT2D eigenvalue weighted by Gasteiger charge is 2.24. The van der Waals surface area contributed by atoms with E-state index in [-0.39, 0.29) is 0 Å². The van der Waals surface area contributed by atoms with Crippen molar-refractivity contribution in [2.45, 2.75) is 59.0 Å². The van der Waals surface area contributed by atoms with Crippen molar-refractivity contribution in [2.24, 2.45) is 5.92 Å². The fraction of sp³-hybridized carbons (Fsp3) is 0.812. The summed E-state index contributed by atoms with van der Waals surface area (Å²) in [5.41, 5.74) is 0.312. The van der Waals surface area contributed by atoms with Crippen molar-refractivity contribution in [2.75, 3.05) is 19.6 Å². The minimum absolute atomic E-state index is 0.762. The second kappa shape index (κ2) is 6.54. The third kappa shape index (κ3) is 4.03. The largest absolute Gasteiger partial charge is 0.385 e. The van der Waals surface area contributed by atoms with Crippen LogP contribution in [0.25, 0.3) is 0 Å². The van der Waals surface area contributed by atoms with E-state index >= 15 is 0 Å². The molecule has 1 N–H and O–H groups in total. The second-order valence-electron chi connectivity index (χ2n) is 6.57. The molecule has 1 saturated heterocycles. The maximum absolute atomic E-state index is 10.2. The molecule has 0 radical (unpaired) electrons. The zero-order chi connectivity index (χ0) is 14.8. The second-order valence-corrected chi connectivity index (χ2v) is 7.65. The Labute approximate surface area is 127 Å². The number of likely N-dealkylation sites (tertiary alicyclic amines) is 1. The number of hydrogen-bond donors (Lipinski definition) is 1. The number of piperidine rings is 1. The molecule has 2 heterocycles. The van der Waals surface area contributed by atoms with Crippen molar-refractivity contribution in [1.29, 1.82) is 0 Å². The van der Waals surface area contributed by atoms with E-state index < -0.39 is 5.60 Å². The number of thiazole rings is 1. The van der Waals surface area contributed by atoms with Crippen LogP contribution in [-0.4, -0.2) is 34.6 Å². The molecule has 2 rings (SSSR count). The molecule has 0 amide bonds. The van der Waals surface area contributed by atoms with Crippen molar-refractivity contribution in [3.8, 4) is 0 Å². The van der Waals surface area contributed by atoms with Crippen molar-refractivity contribution in [3.05, 3.63) is 15.6 Å².